The van der Waals surface area contributed by atoms with Crippen LogP contribution in [-0.2, 0) is 0 Å². The molecular weight excluding hydrogens is 182 g/mol. The molecule has 1 aromatic rings. The van der Waals surface area contributed by atoms with Gasteiger partial charge in [0, 0.05) is 0 Å². The molecule has 1 aromatic heterocycles. The summed E-state index contributed by atoms with van der Waals surface area (Å²) in [7, 11) is 1.48. The van der Waals surface area contributed by atoms with Gasteiger partial charge in [0.2, 0.25) is 0 Å². The van der Waals surface area contributed by atoms with Crippen molar-refractivity contribution in [2.45, 2.75) is 18.9 Å². The van der Waals surface area contributed by atoms with Crippen molar-refractivity contribution in [1.82, 2.24) is 15.3 Å². The molecule has 0 aliphatic carbocycles. The average Bonchev–Trinajstić information content (AvgIpc) is 2.70. The van der Waals surface area contributed by atoms with E-state index in [0.717, 1.165) is 19.4 Å². The van der Waals surface area contributed by atoms with Gasteiger partial charge in [0.15, 0.2) is 5.75 Å². The maximum atomic E-state index is 9.45. The first-order chi connectivity index (χ1) is 6.81. The van der Waals surface area contributed by atoms with Crippen LogP contribution in [0.4, 0.5) is 0 Å². The van der Waals surface area contributed by atoms with Crippen molar-refractivity contribution < 1.29 is 9.84 Å². The Morgan fingerprint density at radius 3 is 3.07 bits per heavy atom. The van der Waals surface area contributed by atoms with E-state index < -0.39 is 0 Å². The molecule has 1 aliphatic rings. The number of aromatic hydroxyl groups is 1. The lowest BCUT2D eigenvalue weighted by molar-refractivity contribution is 0.356. The smallest absolute Gasteiger partial charge is 0.258 e. The molecule has 1 unspecified atom stereocenters. The molecule has 5 heteroatoms. The van der Waals surface area contributed by atoms with E-state index in [1.165, 1.54) is 13.3 Å². The summed E-state index contributed by atoms with van der Waals surface area (Å²) < 4.78 is 4.87. The molecular formula is C9H13N3O2. The zero-order valence-electron chi connectivity index (χ0n) is 8.03. The molecule has 14 heavy (non-hydrogen) atoms. The number of methoxy groups -OCH3 is 1. The molecule has 2 rings (SSSR count). The SMILES string of the molecule is COc1cnc(C2CCCN2)nc1O. The Balaban J connectivity index is 2.23. The summed E-state index contributed by atoms with van der Waals surface area (Å²) in [4.78, 5) is 8.12. The maximum Gasteiger partial charge on any atom is 0.258 e. The largest absolute Gasteiger partial charge is 0.491 e. The Bertz CT molecular complexity index is 324. The second kappa shape index (κ2) is 3.79. The Morgan fingerprint density at radius 1 is 1.64 bits per heavy atom. The van der Waals surface area contributed by atoms with E-state index in [0.29, 0.717) is 11.6 Å². The number of nitrogens with one attached hydrogen (secondary N) is 1. The predicted octanol–water partition coefficient (Wildman–Crippen LogP) is 0.615. The summed E-state index contributed by atoms with van der Waals surface area (Å²) in [6.07, 6.45) is 3.64. The second-order valence-electron chi connectivity index (χ2n) is 3.27. The summed E-state index contributed by atoms with van der Waals surface area (Å²) in [6.45, 7) is 0.987. The van der Waals surface area contributed by atoms with E-state index in [2.05, 4.69) is 15.3 Å². The number of ether oxygens (including phenoxy) is 1. The summed E-state index contributed by atoms with van der Waals surface area (Å²) in [6, 6.07) is 0.173. The molecule has 2 N–H and O–H groups in total. The van der Waals surface area contributed by atoms with Crippen LogP contribution in [-0.4, -0.2) is 28.7 Å². The number of nitrogens with zero attached hydrogens (tertiary/aromatic N) is 2. The number of aromatic nitrogens is 2. The van der Waals surface area contributed by atoms with Crippen LogP contribution in [0, 0.1) is 0 Å². The first-order valence-electron chi connectivity index (χ1n) is 4.64. The van der Waals surface area contributed by atoms with Gasteiger partial charge in [-0.05, 0) is 19.4 Å². The third kappa shape index (κ3) is 1.63. The van der Waals surface area contributed by atoms with Crippen LogP contribution in [0.3, 0.4) is 0 Å². The van der Waals surface area contributed by atoms with E-state index in [1.54, 1.807) is 0 Å². The number of hydrogen-bond acceptors (Lipinski definition) is 5. The van der Waals surface area contributed by atoms with Crippen molar-refractivity contribution in [3.05, 3.63) is 12.0 Å². The minimum absolute atomic E-state index is 0.0915. The van der Waals surface area contributed by atoms with Crippen LogP contribution in [0.2, 0.25) is 0 Å². The van der Waals surface area contributed by atoms with Gasteiger partial charge < -0.3 is 15.2 Å². The minimum Gasteiger partial charge on any atom is -0.491 e. The molecule has 1 saturated heterocycles. The van der Waals surface area contributed by atoms with Crippen LogP contribution in [0.25, 0.3) is 0 Å². The van der Waals surface area contributed by atoms with Gasteiger partial charge >= 0.3 is 0 Å². The molecule has 0 aromatic carbocycles. The van der Waals surface area contributed by atoms with Crippen LogP contribution < -0.4 is 10.1 Å². The van der Waals surface area contributed by atoms with Gasteiger partial charge in [0.1, 0.15) is 5.82 Å². The van der Waals surface area contributed by atoms with Gasteiger partial charge in [0.25, 0.3) is 5.88 Å². The molecule has 0 bridgehead atoms. The van der Waals surface area contributed by atoms with Gasteiger partial charge in [-0.2, -0.15) is 4.98 Å². The average molecular weight is 195 g/mol. The van der Waals surface area contributed by atoms with Gasteiger partial charge in [-0.1, -0.05) is 0 Å². The fraction of sp³-hybridized carbons (Fsp3) is 0.556. The zero-order valence-corrected chi connectivity index (χ0v) is 8.03. The maximum absolute atomic E-state index is 9.45. The monoisotopic (exact) mass is 195 g/mol. The summed E-state index contributed by atoms with van der Waals surface area (Å²) in [5.74, 6) is 0.860. The normalized spacial score (nSPS) is 21.1. The third-order valence-corrected chi connectivity index (χ3v) is 2.35. The molecule has 1 fully saturated rings. The van der Waals surface area contributed by atoms with E-state index in [4.69, 9.17) is 4.74 Å². The standard InChI is InChI=1S/C9H13N3O2/c1-14-7-5-11-8(12-9(7)13)6-3-2-4-10-6/h5-6,10H,2-4H2,1H3,(H,11,12,13). The van der Waals surface area contributed by atoms with Crippen LogP contribution in [0.1, 0.15) is 24.7 Å². The van der Waals surface area contributed by atoms with Gasteiger partial charge in [-0.25, -0.2) is 4.98 Å². The molecule has 1 aliphatic heterocycles. The number of rotatable bonds is 2. The second-order valence-corrected chi connectivity index (χ2v) is 3.27. The molecule has 2 heterocycles. The van der Waals surface area contributed by atoms with Crippen molar-refractivity contribution in [2.75, 3.05) is 13.7 Å². The first-order valence-corrected chi connectivity index (χ1v) is 4.64. The van der Waals surface area contributed by atoms with Crippen LogP contribution >= 0.6 is 0 Å². The van der Waals surface area contributed by atoms with Crippen molar-refractivity contribution >= 4 is 0 Å². The van der Waals surface area contributed by atoms with E-state index in [1.807, 2.05) is 0 Å². The highest BCUT2D eigenvalue weighted by atomic mass is 16.5. The van der Waals surface area contributed by atoms with Crippen molar-refractivity contribution in [3.8, 4) is 11.6 Å². The Labute approximate surface area is 82.1 Å². The molecule has 1 atom stereocenters. The highest BCUT2D eigenvalue weighted by Gasteiger charge is 2.20. The Morgan fingerprint density at radius 2 is 2.50 bits per heavy atom. The van der Waals surface area contributed by atoms with Crippen molar-refractivity contribution in [3.63, 3.8) is 0 Å². The molecule has 0 saturated carbocycles. The predicted molar refractivity (Wildman–Crippen MR) is 50.2 cm³/mol. The molecule has 0 radical (unpaired) electrons. The topological polar surface area (TPSA) is 67.3 Å². The van der Waals surface area contributed by atoms with E-state index in [-0.39, 0.29) is 11.9 Å². The number of hydrogen-bond donors (Lipinski definition) is 2. The lowest BCUT2D eigenvalue weighted by Crippen LogP contribution is -2.15. The zero-order chi connectivity index (χ0) is 9.97. The van der Waals surface area contributed by atoms with Crippen molar-refractivity contribution in [2.24, 2.45) is 0 Å². The van der Waals surface area contributed by atoms with Crippen molar-refractivity contribution in [1.29, 1.82) is 0 Å². The quantitative estimate of drug-likeness (QED) is 0.724. The lowest BCUT2D eigenvalue weighted by Gasteiger charge is -2.09. The van der Waals surface area contributed by atoms with Gasteiger partial charge in [-0.15, -0.1) is 0 Å². The Kier molecular flexibility index (Phi) is 2.49. The fourth-order valence-electron chi connectivity index (χ4n) is 1.59. The highest BCUT2D eigenvalue weighted by Crippen LogP contribution is 2.26. The molecule has 76 valence electrons. The molecule has 0 spiro atoms. The molecule has 5 nitrogen and oxygen atoms in total. The minimum atomic E-state index is -0.0915. The molecule has 0 amide bonds. The van der Waals surface area contributed by atoms with E-state index >= 15 is 0 Å². The van der Waals surface area contributed by atoms with Crippen LogP contribution in [0.15, 0.2) is 6.20 Å². The van der Waals surface area contributed by atoms with Crippen LogP contribution in [0.5, 0.6) is 11.6 Å². The lowest BCUT2D eigenvalue weighted by atomic mass is 10.2. The van der Waals surface area contributed by atoms with E-state index in [9.17, 15) is 5.11 Å². The summed E-state index contributed by atoms with van der Waals surface area (Å²) in [5.41, 5.74) is 0. The van der Waals surface area contributed by atoms with Gasteiger partial charge in [0.05, 0.1) is 19.3 Å². The summed E-state index contributed by atoms with van der Waals surface area (Å²) >= 11 is 0. The Hall–Kier alpha value is -1.36. The highest BCUT2D eigenvalue weighted by molar-refractivity contribution is 5.29. The fourth-order valence-corrected chi connectivity index (χ4v) is 1.59. The summed E-state index contributed by atoms with van der Waals surface area (Å²) in [5, 5.41) is 12.7. The third-order valence-electron chi connectivity index (χ3n) is 2.35. The first kappa shape index (κ1) is 9.21. The van der Waals surface area contributed by atoms with Gasteiger partial charge in [-0.3, -0.25) is 0 Å².